The summed E-state index contributed by atoms with van der Waals surface area (Å²) in [5, 5.41) is 4.40. The van der Waals surface area contributed by atoms with Crippen molar-refractivity contribution in [1.29, 1.82) is 0 Å². The number of nitrogens with one attached hydrogen (secondary N) is 1. The van der Waals surface area contributed by atoms with Gasteiger partial charge >= 0.3 is 5.69 Å². The largest absolute Gasteiger partial charge is 0.380 e. The molecule has 1 saturated heterocycles. The van der Waals surface area contributed by atoms with E-state index in [0.29, 0.717) is 12.0 Å². The zero-order valence-electron chi connectivity index (χ0n) is 22.5. The summed E-state index contributed by atoms with van der Waals surface area (Å²) >= 11 is 0. The fourth-order valence-corrected chi connectivity index (χ4v) is 6.55. The molecule has 8 heteroatoms. The number of benzene rings is 1. The highest BCUT2D eigenvalue weighted by Gasteiger charge is 2.29. The van der Waals surface area contributed by atoms with Crippen LogP contribution in [0.5, 0.6) is 0 Å². The Hall–Kier alpha value is -2.97. The molecule has 0 radical (unpaired) electrons. The van der Waals surface area contributed by atoms with Crippen LogP contribution in [0.4, 0.5) is 0 Å². The summed E-state index contributed by atoms with van der Waals surface area (Å²) in [6.07, 6.45) is 9.13. The summed E-state index contributed by atoms with van der Waals surface area (Å²) < 4.78 is 9.57. The molecule has 3 aromatic heterocycles. The summed E-state index contributed by atoms with van der Waals surface area (Å²) in [5.74, 6) is 0.310. The number of fused-ring (bicyclic) bond motifs is 2. The first-order chi connectivity index (χ1) is 17.9. The van der Waals surface area contributed by atoms with E-state index in [-0.39, 0.29) is 11.7 Å². The van der Waals surface area contributed by atoms with Gasteiger partial charge in [-0.2, -0.15) is 5.10 Å². The molecular formula is C29H38N6O2. The van der Waals surface area contributed by atoms with Crippen LogP contribution in [-0.4, -0.2) is 61.4 Å². The normalized spacial score (nSPS) is 21.8. The monoisotopic (exact) mass is 502 g/mol. The van der Waals surface area contributed by atoms with Gasteiger partial charge in [0.1, 0.15) is 6.33 Å². The van der Waals surface area contributed by atoms with Crippen molar-refractivity contribution < 1.29 is 4.74 Å². The predicted octanol–water partition coefficient (Wildman–Crippen LogP) is 4.99. The second-order valence-electron chi connectivity index (χ2n) is 11.2. The fourth-order valence-electron chi connectivity index (χ4n) is 6.55. The summed E-state index contributed by atoms with van der Waals surface area (Å²) in [7, 11) is 0. The van der Waals surface area contributed by atoms with Crippen molar-refractivity contribution in [2.75, 3.05) is 26.3 Å². The van der Waals surface area contributed by atoms with Gasteiger partial charge in [-0.05, 0) is 86.3 Å². The molecule has 6 rings (SSSR count). The Morgan fingerprint density at radius 3 is 2.57 bits per heavy atom. The Labute approximate surface area is 217 Å². The van der Waals surface area contributed by atoms with Crippen LogP contribution in [0, 0.1) is 13.8 Å². The lowest BCUT2D eigenvalue weighted by Crippen LogP contribution is -2.40. The topological polar surface area (TPSA) is 80.5 Å². The van der Waals surface area contributed by atoms with Crippen molar-refractivity contribution in [1.82, 2.24) is 29.0 Å². The fraction of sp³-hybridized carbons (Fsp3) is 0.552. The molecule has 1 N–H and O–H groups in total. The van der Waals surface area contributed by atoms with Gasteiger partial charge in [0.25, 0.3) is 0 Å². The SMILES string of the molecule is Cc1c(-c2cc3[nH]c(=O)n(C4CCC(N5CCCOCC5)CC4)c3cc2C(C)C)cn2ncnc2c1C. The van der Waals surface area contributed by atoms with E-state index in [1.54, 1.807) is 6.33 Å². The van der Waals surface area contributed by atoms with Crippen molar-refractivity contribution in [3.63, 3.8) is 0 Å². The van der Waals surface area contributed by atoms with E-state index in [0.717, 1.165) is 91.8 Å². The molecule has 0 atom stereocenters. The average molecular weight is 503 g/mol. The highest BCUT2D eigenvalue weighted by Crippen LogP contribution is 2.38. The standard InChI is InChI=1S/C29H38N6O2/c1-18(2)23-15-27-26(14-24(23)25-16-34-28(30-17-31-34)20(4)19(25)3)32-29(36)35(27)22-8-6-21(7-9-22)33-10-5-12-37-13-11-33/h14-18,21-22H,5-13H2,1-4H3,(H,32,36). The van der Waals surface area contributed by atoms with Crippen LogP contribution in [-0.2, 0) is 4.74 Å². The smallest absolute Gasteiger partial charge is 0.326 e. The Bertz CT molecular complexity index is 1480. The minimum atomic E-state index is 0.00751. The van der Waals surface area contributed by atoms with Gasteiger partial charge in [0.05, 0.1) is 17.6 Å². The van der Waals surface area contributed by atoms with Gasteiger partial charge in [-0.1, -0.05) is 13.8 Å². The average Bonchev–Trinajstić information content (AvgIpc) is 3.38. The number of aryl methyl sites for hydroxylation is 1. The molecule has 1 aliphatic heterocycles. The number of hydrogen-bond acceptors (Lipinski definition) is 5. The molecule has 0 bridgehead atoms. The van der Waals surface area contributed by atoms with Gasteiger partial charge in [-0.15, -0.1) is 0 Å². The van der Waals surface area contributed by atoms with E-state index < -0.39 is 0 Å². The lowest BCUT2D eigenvalue weighted by Gasteiger charge is -2.36. The second-order valence-corrected chi connectivity index (χ2v) is 11.2. The molecule has 1 aromatic carbocycles. The van der Waals surface area contributed by atoms with Crippen LogP contribution in [0.2, 0.25) is 0 Å². The Balaban J connectivity index is 1.37. The van der Waals surface area contributed by atoms with Gasteiger partial charge in [0.2, 0.25) is 0 Å². The van der Waals surface area contributed by atoms with Crippen LogP contribution < -0.4 is 5.69 Å². The summed E-state index contributed by atoms with van der Waals surface area (Å²) in [4.78, 5) is 23.5. The molecule has 1 saturated carbocycles. The minimum absolute atomic E-state index is 0.00751. The van der Waals surface area contributed by atoms with Gasteiger partial charge in [0.15, 0.2) is 5.65 Å². The molecule has 0 spiro atoms. The van der Waals surface area contributed by atoms with E-state index in [2.05, 4.69) is 66.0 Å². The van der Waals surface area contributed by atoms with Gasteiger partial charge in [-0.25, -0.2) is 14.3 Å². The van der Waals surface area contributed by atoms with Crippen LogP contribution >= 0.6 is 0 Å². The Kier molecular flexibility index (Phi) is 6.41. The van der Waals surface area contributed by atoms with E-state index in [4.69, 9.17) is 4.74 Å². The van der Waals surface area contributed by atoms with Gasteiger partial charge < -0.3 is 9.72 Å². The molecule has 196 valence electrons. The molecule has 0 unspecified atom stereocenters. The number of aromatic nitrogens is 5. The first kappa shape index (κ1) is 24.4. The van der Waals surface area contributed by atoms with E-state index >= 15 is 0 Å². The first-order valence-electron chi connectivity index (χ1n) is 13.8. The number of aromatic amines is 1. The third-order valence-electron chi connectivity index (χ3n) is 8.73. The maximum absolute atomic E-state index is 13.3. The number of ether oxygens (including phenoxy) is 1. The van der Waals surface area contributed by atoms with Crippen LogP contribution in [0.25, 0.3) is 27.8 Å². The molecule has 8 nitrogen and oxygen atoms in total. The summed E-state index contributed by atoms with van der Waals surface area (Å²) in [5.41, 5.74) is 8.69. The molecule has 4 heterocycles. The maximum Gasteiger partial charge on any atom is 0.326 e. The molecule has 1 aliphatic carbocycles. The Morgan fingerprint density at radius 1 is 1.00 bits per heavy atom. The molecule has 37 heavy (non-hydrogen) atoms. The first-order valence-corrected chi connectivity index (χ1v) is 13.8. The lowest BCUT2D eigenvalue weighted by molar-refractivity contribution is 0.114. The Morgan fingerprint density at radius 2 is 1.78 bits per heavy atom. The predicted molar refractivity (Wildman–Crippen MR) is 146 cm³/mol. The van der Waals surface area contributed by atoms with Crippen molar-refractivity contribution in [3.8, 4) is 11.1 Å². The highest BCUT2D eigenvalue weighted by molar-refractivity contribution is 5.86. The van der Waals surface area contributed by atoms with E-state index in [1.165, 1.54) is 11.1 Å². The molecule has 2 fully saturated rings. The van der Waals surface area contributed by atoms with Crippen LogP contribution in [0.1, 0.15) is 74.6 Å². The number of nitrogens with zero attached hydrogens (tertiary/aromatic N) is 5. The summed E-state index contributed by atoms with van der Waals surface area (Å²) in [6.45, 7) is 12.6. The number of rotatable bonds is 4. The third kappa shape index (κ3) is 4.30. The molecular weight excluding hydrogens is 464 g/mol. The van der Waals surface area contributed by atoms with Crippen molar-refractivity contribution in [2.24, 2.45) is 0 Å². The quantitative estimate of drug-likeness (QED) is 0.425. The number of imidazole rings is 1. The number of pyridine rings is 1. The molecule has 4 aromatic rings. The zero-order chi connectivity index (χ0) is 25.7. The minimum Gasteiger partial charge on any atom is -0.380 e. The van der Waals surface area contributed by atoms with Crippen LogP contribution in [0.3, 0.4) is 0 Å². The van der Waals surface area contributed by atoms with E-state index in [1.807, 2.05) is 9.08 Å². The summed E-state index contributed by atoms with van der Waals surface area (Å²) in [6, 6.07) is 5.28. The van der Waals surface area contributed by atoms with Crippen molar-refractivity contribution in [3.05, 3.63) is 51.8 Å². The van der Waals surface area contributed by atoms with E-state index in [9.17, 15) is 4.79 Å². The third-order valence-corrected chi connectivity index (χ3v) is 8.73. The van der Waals surface area contributed by atoms with Crippen LogP contribution in [0.15, 0.2) is 29.5 Å². The number of hydrogen-bond donors (Lipinski definition) is 1. The highest BCUT2D eigenvalue weighted by atomic mass is 16.5. The maximum atomic E-state index is 13.3. The van der Waals surface area contributed by atoms with Gasteiger partial charge in [-0.3, -0.25) is 9.47 Å². The molecule has 0 amide bonds. The number of H-pyrrole nitrogens is 1. The van der Waals surface area contributed by atoms with Crippen molar-refractivity contribution >= 4 is 16.7 Å². The molecule has 2 aliphatic rings. The zero-order valence-corrected chi connectivity index (χ0v) is 22.5. The lowest BCUT2D eigenvalue weighted by atomic mass is 9.88. The van der Waals surface area contributed by atoms with Crippen molar-refractivity contribution in [2.45, 2.75) is 77.8 Å². The second kappa shape index (κ2) is 9.72. The van der Waals surface area contributed by atoms with Gasteiger partial charge in [0, 0.05) is 43.5 Å².